The van der Waals surface area contributed by atoms with E-state index in [1.807, 2.05) is 56.4 Å². The summed E-state index contributed by atoms with van der Waals surface area (Å²) < 4.78 is 5.92. The zero-order valence-corrected chi connectivity index (χ0v) is 10.2. The maximum atomic E-state index is 12.1. The molecule has 1 heterocycles. The average Bonchev–Trinajstić information content (AvgIpc) is 2.40. The fourth-order valence-electron chi connectivity index (χ4n) is 2.29. The highest BCUT2D eigenvalue weighted by Gasteiger charge is 2.27. The second-order valence-electron chi connectivity index (χ2n) is 4.64. The van der Waals surface area contributed by atoms with Crippen molar-refractivity contribution in [1.82, 2.24) is 0 Å². The van der Waals surface area contributed by atoms with E-state index in [2.05, 4.69) is 0 Å². The molecule has 0 saturated heterocycles. The van der Waals surface area contributed by atoms with Gasteiger partial charge in [0, 0.05) is 0 Å². The van der Waals surface area contributed by atoms with E-state index >= 15 is 0 Å². The summed E-state index contributed by atoms with van der Waals surface area (Å²) in [7, 11) is 1.98. The molecule has 1 atom stereocenters. The third-order valence-corrected chi connectivity index (χ3v) is 3.25. The van der Waals surface area contributed by atoms with E-state index in [9.17, 15) is 4.79 Å². The van der Waals surface area contributed by atoms with Gasteiger partial charge in [0.15, 0.2) is 5.78 Å². The molecular weight excluding hydrogens is 223 g/mol. The number of ether oxygens (including phenoxy) is 1. The van der Waals surface area contributed by atoms with Gasteiger partial charge >= 0.3 is 0 Å². The van der Waals surface area contributed by atoms with E-state index in [1.54, 1.807) is 0 Å². The third kappa shape index (κ3) is 1.92. The first kappa shape index (κ1) is 11.1. The number of hydrogen-bond donors (Lipinski definition) is 0. The van der Waals surface area contributed by atoms with Crippen LogP contribution >= 0.6 is 0 Å². The number of fused-ring (bicyclic) bond motifs is 1. The molecule has 3 rings (SSSR count). The molecule has 0 radical (unpaired) electrons. The van der Waals surface area contributed by atoms with Crippen LogP contribution in [0.3, 0.4) is 0 Å². The molecule has 0 aromatic heterocycles. The predicted octanol–water partition coefficient (Wildman–Crippen LogP) is 1.65. The van der Waals surface area contributed by atoms with Crippen LogP contribution in [0.4, 0.5) is 0 Å². The third-order valence-electron chi connectivity index (χ3n) is 3.25. The fraction of sp³-hybridized carbons (Fsp3) is 0.133. The zero-order chi connectivity index (χ0) is 12.5. The van der Waals surface area contributed by atoms with Gasteiger partial charge in [0.1, 0.15) is 19.7 Å². The lowest BCUT2D eigenvalue weighted by atomic mass is 9.89. The van der Waals surface area contributed by atoms with Crippen LogP contribution in [-0.4, -0.2) is 13.6 Å². The molecule has 0 N–H and O–H groups in total. The summed E-state index contributed by atoms with van der Waals surface area (Å²) in [6, 6.07) is 15.7. The van der Waals surface area contributed by atoms with Gasteiger partial charge in [-0.1, -0.05) is 47.9 Å². The first-order valence-electron chi connectivity index (χ1n) is 6.09. The summed E-state index contributed by atoms with van der Waals surface area (Å²) in [5.41, 5.74) is 2.85. The molecule has 0 fully saturated rings. The highest BCUT2D eigenvalue weighted by molar-refractivity contribution is 6.32. The average molecular weight is 236 g/mol. The number of Topliss-reactive ketones (excluding diaryl/α,β-unsaturated/α-hetero) is 1. The summed E-state index contributed by atoms with van der Waals surface area (Å²) in [6.45, 7) is 0. The summed E-state index contributed by atoms with van der Waals surface area (Å²) >= 11 is 0. The topological polar surface area (TPSA) is 26.3 Å². The minimum Gasteiger partial charge on any atom is -0.484 e. The SMILES string of the molecule is Bc1ccc2c(c1)C(=O)CC(c1ccccc1)O2. The van der Waals surface area contributed by atoms with Crippen LogP contribution in [0.25, 0.3) is 0 Å². The normalized spacial score (nSPS) is 18.0. The molecule has 18 heavy (non-hydrogen) atoms. The molecule has 1 aliphatic heterocycles. The fourth-order valence-corrected chi connectivity index (χ4v) is 2.29. The van der Waals surface area contributed by atoms with Crippen LogP contribution in [0.1, 0.15) is 28.4 Å². The van der Waals surface area contributed by atoms with Crippen molar-refractivity contribution in [2.24, 2.45) is 0 Å². The Kier molecular flexibility index (Phi) is 2.67. The summed E-state index contributed by atoms with van der Waals surface area (Å²) in [4.78, 5) is 12.1. The Morgan fingerprint density at radius 1 is 1.11 bits per heavy atom. The predicted molar refractivity (Wildman–Crippen MR) is 73.4 cm³/mol. The minimum absolute atomic E-state index is 0.158. The quantitative estimate of drug-likeness (QED) is 0.703. The van der Waals surface area contributed by atoms with E-state index in [-0.39, 0.29) is 11.9 Å². The highest BCUT2D eigenvalue weighted by Crippen LogP contribution is 2.33. The van der Waals surface area contributed by atoms with Crippen molar-refractivity contribution in [3.05, 3.63) is 59.7 Å². The molecule has 0 amide bonds. The van der Waals surface area contributed by atoms with Crippen LogP contribution in [0, 0.1) is 0 Å². The Hall–Kier alpha value is -2.03. The number of rotatable bonds is 1. The summed E-state index contributed by atoms with van der Waals surface area (Å²) in [5.74, 6) is 0.861. The minimum atomic E-state index is -0.158. The lowest BCUT2D eigenvalue weighted by molar-refractivity contribution is 0.0850. The van der Waals surface area contributed by atoms with Gasteiger partial charge in [-0.3, -0.25) is 4.79 Å². The molecule has 0 saturated carbocycles. The highest BCUT2D eigenvalue weighted by atomic mass is 16.5. The van der Waals surface area contributed by atoms with Crippen molar-refractivity contribution in [1.29, 1.82) is 0 Å². The van der Waals surface area contributed by atoms with Crippen molar-refractivity contribution in [2.75, 3.05) is 0 Å². The molecule has 3 heteroatoms. The van der Waals surface area contributed by atoms with Crippen LogP contribution < -0.4 is 10.2 Å². The summed E-state index contributed by atoms with van der Waals surface area (Å²) in [5, 5.41) is 0. The summed E-state index contributed by atoms with van der Waals surface area (Å²) in [6.07, 6.45) is 0.259. The lowest BCUT2D eigenvalue weighted by Crippen LogP contribution is -2.22. The molecule has 0 bridgehead atoms. The molecular formula is C15H13BO2. The molecule has 0 spiro atoms. The Bertz CT molecular complexity index is 593. The van der Waals surface area contributed by atoms with Crippen LogP contribution in [0.5, 0.6) is 5.75 Å². The van der Waals surface area contributed by atoms with Gasteiger partial charge in [-0.2, -0.15) is 0 Å². The first-order chi connectivity index (χ1) is 8.74. The lowest BCUT2D eigenvalue weighted by Gasteiger charge is -2.25. The smallest absolute Gasteiger partial charge is 0.170 e. The van der Waals surface area contributed by atoms with Gasteiger partial charge in [0.25, 0.3) is 0 Å². The van der Waals surface area contributed by atoms with E-state index in [4.69, 9.17) is 4.74 Å². The zero-order valence-electron chi connectivity index (χ0n) is 10.2. The van der Waals surface area contributed by atoms with Crippen LogP contribution in [0.2, 0.25) is 0 Å². The molecule has 2 aromatic carbocycles. The largest absolute Gasteiger partial charge is 0.484 e. The van der Waals surface area contributed by atoms with Crippen molar-refractivity contribution in [2.45, 2.75) is 12.5 Å². The monoisotopic (exact) mass is 236 g/mol. The van der Waals surface area contributed by atoms with Crippen molar-refractivity contribution < 1.29 is 9.53 Å². The van der Waals surface area contributed by atoms with Gasteiger partial charge in [0.05, 0.1) is 12.0 Å². The molecule has 88 valence electrons. The van der Waals surface area contributed by atoms with Gasteiger partial charge in [-0.05, 0) is 11.6 Å². The van der Waals surface area contributed by atoms with Crippen molar-refractivity contribution >= 4 is 19.1 Å². The number of carbonyl (C=O) groups is 1. The van der Waals surface area contributed by atoms with Crippen LogP contribution in [0.15, 0.2) is 48.5 Å². The van der Waals surface area contributed by atoms with Gasteiger partial charge in [0.2, 0.25) is 0 Å². The standard InChI is InChI=1S/C15H13BO2/c16-11-6-7-14-12(8-11)13(17)9-15(18-14)10-4-2-1-3-5-10/h1-8,15H,9,16H2. The molecule has 2 nitrogen and oxygen atoms in total. The molecule has 0 aliphatic carbocycles. The Labute approximate surface area is 107 Å². The van der Waals surface area contributed by atoms with Gasteiger partial charge in [-0.25, -0.2) is 0 Å². The molecule has 1 aliphatic rings. The van der Waals surface area contributed by atoms with E-state index in [1.165, 1.54) is 0 Å². The van der Waals surface area contributed by atoms with E-state index < -0.39 is 0 Å². The molecule has 2 aromatic rings. The molecule has 1 unspecified atom stereocenters. The number of ketones is 1. The van der Waals surface area contributed by atoms with E-state index in [0.29, 0.717) is 17.7 Å². The number of hydrogen-bond acceptors (Lipinski definition) is 2. The number of carbonyl (C=O) groups excluding carboxylic acids is 1. The Morgan fingerprint density at radius 3 is 2.67 bits per heavy atom. The van der Waals surface area contributed by atoms with Gasteiger partial charge in [-0.15, -0.1) is 0 Å². The van der Waals surface area contributed by atoms with Crippen molar-refractivity contribution in [3.8, 4) is 5.75 Å². The first-order valence-corrected chi connectivity index (χ1v) is 6.09. The van der Waals surface area contributed by atoms with E-state index in [0.717, 1.165) is 11.0 Å². The maximum Gasteiger partial charge on any atom is 0.170 e. The van der Waals surface area contributed by atoms with Gasteiger partial charge < -0.3 is 4.74 Å². The van der Waals surface area contributed by atoms with Crippen molar-refractivity contribution in [3.63, 3.8) is 0 Å². The second kappa shape index (κ2) is 4.33. The van der Waals surface area contributed by atoms with Crippen LogP contribution in [-0.2, 0) is 0 Å². The Balaban J connectivity index is 1.97. The Morgan fingerprint density at radius 2 is 1.89 bits per heavy atom. The second-order valence-corrected chi connectivity index (χ2v) is 4.64. The maximum absolute atomic E-state index is 12.1. The number of benzene rings is 2.